The van der Waals surface area contributed by atoms with Crippen LogP contribution in [-0.2, 0) is 22.4 Å². The second-order valence-corrected chi connectivity index (χ2v) is 9.19. The Bertz CT molecular complexity index is 1260. The topological polar surface area (TPSA) is 131 Å². The van der Waals surface area contributed by atoms with Crippen LogP contribution in [0.4, 0.5) is 14.9 Å². The zero-order chi connectivity index (χ0) is 27.5. The average Bonchev–Trinajstić information content (AvgIpc) is 3.05. The Morgan fingerprint density at radius 3 is 2.58 bits per heavy atom. The van der Waals surface area contributed by atoms with Gasteiger partial charge in [0.15, 0.2) is 0 Å². The largest absolute Gasteiger partial charge is 0.404 e. The number of allylic oxidation sites excluding steroid dienone is 1. The maximum atomic E-state index is 12.6. The molecule has 1 saturated heterocycles. The molecule has 0 bridgehead atoms. The number of carbonyl (C=O) groups excluding carboxylic acids is 2. The fourth-order valence-corrected chi connectivity index (χ4v) is 4.05. The number of aliphatic imine (C=N–C) groups is 1. The van der Waals surface area contributed by atoms with Gasteiger partial charge in [0, 0.05) is 50.2 Å². The number of aliphatic hydroxyl groups is 1. The van der Waals surface area contributed by atoms with Gasteiger partial charge in [-0.15, -0.1) is 0 Å². The van der Waals surface area contributed by atoms with Gasteiger partial charge in [-0.2, -0.15) is 0 Å². The highest BCUT2D eigenvalue weighted by Gasteiger charge is 2.27. The number of primary amides is 1. The minimum absolute atomic E-state index is 0.145. The predicted octanol–water partition coefficient (Wildman–Crippen LogP) is 3.24. The molecular weight excluding hydrogens is 487 g/mol. The fraction of sp³-hybridized carbons (Fsp3) is 0.345. The van der Waals surface area contributed by atoms with Gasteiger partial charge in [-0.1, -0.05) is 30.0 Å². The first-order valence-corrected chi connectivity index (χ1v) is 12.4. The van der Waals surface area contributed by atoms with Crippen molar-refractivity contribution >= 4 is 23.8 Å². The fourth-order valence-electron chi connectivity index (χ4n) is 4.05. The van der Waals surface area contributed by atoms with Gasteiger partial charge in [0.1, 0.15) is 11.4 Å². The second-order valence-electron chi connectivity index (χ2n) is 9.19. The Labute approximate surface area is 222 Å². The normalized spacial score (nSPS) is 17.0. The number of carbonyl (C=O) groups is 2. The van der Waals surface area contributed by atoms with E-state index >= 15 is 0 Å². The number of urea groups is 1. The summed E-state index contributed by atoms with van der Waals surface area (Å²) in [4.78, 5) is 27.5. The summed E-state index contributed by atoms with van der Waals surface area (Å²) in [7, 11) is 1.82. The Hall–Kier alpha value is -4.00. The lowest BCUT2D eigenvalue weighted by molar-refractivity contribution is -0.118. The van der Waals surface area contributed by atoms with Crippen molar-refractivity contribution in [3.63, 3.8) is 0 Å². The molecule has 4 rings (SSSR count). The third kappa shape index (κ3) is 8.54. The molecule has 3 amide bonds. The number of aryl methyl sites for hydroxylation is 1. The van der Waals surface area contributed by atoms with E-state index in [1.165, 1.54) is 30.1 Å². The molecule has 2 aromatic carbocycles. The highest BCUT2D eigenvalue weighted by molar-refractivity contribution is 5.94. The zero-order valence-corrected chi connectivity index (χ0v) is 21.5. The van der Waals surface area contributed by atoms with Crippen LogP contribution in [-0.4, -0.2) is 49.1 Å². The summed E-state index contributed by atoms with van der Waals surface area (Å²) in [6.07, 6.45) is 6.58. The van der Waals surface area contributed by atoms with Crippen LogP contribution in [0.15, 0.2) is 59.2 Å². The monoisotopic (exact) mass is 520 g/mol. The van der Waals surface area contributed by atoms with Crippen molar-refractivity contribution in [2.24, 2.45) is 16.5 Å². The molecule has 38 heavy (non-hydrogen) atoms. The molecule has 2 aliphatic heterocycles. The van der Waals surface area contributed by atoms with E-state index < -0.39 is 11.6 Å². The quantitative estimate of drug-likeness (QED) is 0.422. The van der Waals surface area contributed by atoms with Crippen molar-refractivity contribution in [3.8, 4) is 11.8 Å². The molecule has 0 unspecified atom stereocenters. The molecule has 1 fully saturated rings. The number of hydrogen-bond donors (Lipinski definition) is 3. The number of nitrogens with zero attached hydrogens (tertiary/aromatic N) is 2. The lowest BCUT2D eigenvalue weighted by Crippen LogP contribution is -2.34. The molecule has 0 atom stereocenters. The average molecular weight is 521 g/mol. The number of fused-ring (bicyclic) bond motifs is 1. The third-order valence-corrected chi connectivity index (χ3v) is 6.31. The first kappa shape index (κ1) is 28.6. The number of amides is 3. The van der Waals surface area contributed by atoms with Crippen LogP contribution in [0.5, 0.6) is 0 Å². The molecule has 0 radical (unpaired) electrons. The van der Waals surface area contributed by atoms with Gasteiger partial charge in [0.2, 0.25) is 5.91 Å². The van der Waals surface area contributed by atoms with Crippen LogP contribution in [0.3, 0.4) is 0 Å². The van der Waals surface area contributed by atoms with Crippen molar-refractivity contribution < 1.29 is 23.8 Å². The maximum absolute atomic E-state index is 12.6. The van der Waals surface area contributed by atoms with E-state index in [2.05, 4.69) is 16.8 Å². The van der Waals surface area contributed by atoms with E-state index in [9.17, 15) is 19.1 Å². The summed E-state index contributed by atoms with van der Waals surface area (Å²) in [5.74, 6) is 5.90. The summed E-state index contributed by atoms with van der Waals surface area (Å²) in [5.41, 5.74) is 13.7. The van der Waals surface area contributed by atoms with Gasteiger partial charge in [-0.25, -0.2) is 14.2 Å². The Balaban J connectivity index is 0.000000223. The van der Waals surface area contributed by atoms with E-state index in [4.69, 9.17) is 16.2 Å². The van der Waals surface area contributed by atoms with Crippen molar-refractivity contribution in [2.45, 2.75) is 44.1 Å². The number of nitrogens with two attached hydrogens (primary N) is 2. The standard InChI is InChI=1S/C18H21NO3.C11H12FN3O/c1-19-16-13-14(5-6-15(16)3-2-4-17(19)20)7-8-18(21)9-11-22-12-10-18;12-10-3-1-8(2-4-10)5-9(6-13)7-15-11(14)16/h5-6,13,21H,2-4,9-12H2,1H3;1-4,6-7H,5,13H2,(H2,14,16)/b;9-6-,15-7+. The van der Waals surface area contributed by atoms with Crippen LogP contribution < -0.4 is 16.4 Å². The van der Waals surface area contributed by atoms with Gasteiger partial charge in [-0.05, 0) is 60.0 Å². The molecule has 2 aromatic rings. The number of benzene rings is 2. The van der Waals surface area contributed by atoms with E-state index in [0.29, 0.717) is 44.5 Å². The van der Waals surface area contributed by atoms with Crippen molar-refractivity contribution in [1.82, 2.24) is 0 Å². The van der Waals surface area contributed by atoms with Crippen molar-refractivity contribution in [1.29, 1.82) is 0 Å². The van der Waals surface area contributed by atoms with E-state index in [1.807, 2.05) is 25.2 Å². The summed E-state index contributed by atoms with van der Waals surface area (Å²) in [5, 5.41) is 10.4. The Morgan fingerprint density at radius 1 is 1.21 bits per heavy atom. The summed E-state index contributed by atoms with van der Waals surface area (Å²) in [6, 6.07) is 11.2. The Morgan fingerprint density at radius 2 is 1.92 bits per heavy atom. The first-order valence-electron chi connectivity index (χ1n) is 12.4. The van der Waals surface area contributed by atoms with Gasteiger partial charge in [0.05, 0.1) is 13.2 Å². The Kier molecular flexibility index (Phi) is 10.2. The number of ether oxygens (including phenoxy) is 1. The minimum atomic E-state index is -0.952. The first-order chi connectivity index (χ1) is 18.2. The van der Waals surface area contributed by atoms with Crippen LogP contribution >= 0.6 is 0 Å². The highest BCUT2D eigenvalue weighted by atomic mass is 19.1. The van der Waals surface area contributed by atoms with Crippen LogP contribution in [0.25, 0.3) is 0 Å². The van der Waals surface area contributed by atoms with Crippen molar-refractivity contribution in [3.05, 3.63) is 76.7 Å². The van der Waals surface area contributed by atoms with E-state index in [-0.39, 0.29) is 11.7 Å². The summed E-state index contributed by atoms with van der Waals surface area (Å²) < 4.78 is 17.9. The lowest BCUT2D eigenvalue weighted by atomic mass is 9.94. The molecule has 9 heteroatoms. The number of anilines is 1. The number of halogens is 1. The molecule has 8 nitrogen and oxygen atoms in total. The highest BCUT2D eigenvalue weighted by Crippen LogP contribution is 2.27. The lowest BCUT2D eigenvalue weighted by Gasteiger charge is -2.26. The molecule has 200 valence electrons. The maximum Gasteiger partial charge on any atom is 0.338 e. The minimum Gasteiger partial charge on any atom is -0.404 e. The van der Waals surface area contributed by atoms with E-state index in [1.54, 1.807) is 17.0 Å². The van der Waals surface area contributed by atoms with Crippen LogP contribution in [0.2, 0.25) is 0 Å². The van der Waals surface area contributed by atoms with Crippen LogP contribution in [0.1, 0.15) is 42.4 Å². The van der Waals surface area contributed by atoms with Gasteiger partial charge >= 0.3 is 6.03 Å². The van der Waals surface area contributed by atoms with Gasteiger partial charge < -0.3 is 26.2 Å². The van der Waals surface area contributed by atoms with Crippen LogP contribution in [0, 0.1) is 17.7 Å². The predicted molar refractivity (Wildman–Crippen MR) is 145 cm³/mol. The second kappa shape index (κ2) is 13.5. The molecule has 0 saturated carbocycles. The zero-order valence-electron chi connectivity index (χ0n) is 21.5. The molecule has 0 aliphatic carbocycles. The summed E-state index contributed by atoms with van der Waals surface area (Å²) in [6.45, 7) is 1.10. The number of rotatable bonds is 3. The number of hydrogen-bond acceptors (Lipinski definition) is 5. The SMILES string of the molecule is CN1C(=O)CCCc2ccc(C#CC3(O)CCOCC3)cc21.N/C=C(\C=N\C(N)=O)Cc1ccc(F)cc1. The van der Waals surface area contributed by atoms with Gasteiger partial charge in [-0.3, -0.25) is 4.79 Å². The molecular formula is C29H33FN4O4. The molecule has 2 heterocycles. The smallest absolute Gasteiger partial charge is 0.338 e. The van der Waals surface area contributed by atoms with Gasteiger partial charge in [0.25, 0.3) is 0 Å². The molecule has 0 aromatic heterocycles. The molecule has 2 aliphatic rings. The molecule has 5 N–H and O–H groups in total. The van der Waals surface area contributed by atoms with E-state index in [0.717, 1.165) is 29.7 Å². The third-order valence-electron chi connectivity index (χ3n) is 6.31. The van der Waals surface area contributed by atoms with Crippen molar-refractivity contribution in [2.75, 3.05) is 25.2 Å². The summed E-state index contributed by atoms with van der Waals surface area (Å²) >= 11 is 0. The molecule has 0 spiro atoms.